The van der Waals surface area contributed by atoms with Gasteiger partial charge in [-0.25, -0.2) is 4.98 Å². The Balaban J connectivity index is 2.21. The van der Waals surface area contributed by atoms with E-state index in [1.54, 1.807) is 0 Å². The quantitative estimate of drug-likeness (QED) is 0.600. The average molecular weight is 247 g/mol. The number of rotatable bonds is 1. The highest BCUT2D eigenvalue weighted by atomic mass is 14.7. The van der Waals surface area contributed by atoms with Gasteiger partial charge in [0, 0.05) is 10.9 Å². The van der Waals surface area contributed by atoms with Crippen molar-refractivity contribution in [1.82, 2.24) is 4.98 Å². The van der Waals surface area contributed by atoms with Crippen LogP contribution in [0.4, 0.5) is 0 Å². The normalized spacial score (nSPS) is 10.9. The molecule has 0 spiro atoms. The van der Waals surface area contributed by atoms with Crippen molar-refractivity contribution >= 4 is 10.9 Å². The van der Waals surface area contributed by atoms with Crippen LogP contribution in [0.5, 0.6) is 0 Å². The third kappa shape index (κ3) is 2.12. The highest BCUT2D eigenvalue weighted by molar-refractivity contribution is 5.82. The molecule has 2 aromatic carbocycles. The lowest BCUT2D eigenvalue weighted by molar-refractivity contribution is 1.28. The van der Waals surface area contributed by atoms with E-state index in [0.29, 0.717) is 0 Å². The molecule has 0 aliphatic rings. The molecule has 0 aliphatic carbocycles. The van der Waals surface area contributed by atoms with E-state index >= 15 is 0 Å². The summed E-state index contributed by atoms with van der Waals surface area (Å²) in [6.45, 7) is 6.46. The third-order valence-corrected chi connectivity index (χ3v) is 3.72. The fourth-order valence-corrected chi connectivity index (χ4v) is 2.45. The highest BCUT2D eigenvalue weighted by Gasteiger charge is 2.06. The topological polar surface area (TPSA) is 12.9 Å². The highest BCUT2D eigenvalue weighted by Crippen LogP contribution is 2.26. The van der Waals surface area contributed by atoms with Gasteiger partial charge in [-0.2, -0.15) is 0 Å². The smallest absolute Gasteiger partial charge is 0.0712 e. The molecule has 0 saturated heterocycles. The van der Waals surface area contributed by atoms with Gasteiger partial charge in [-0.1, -0.05) is 30.3 Å². The number of para-hydroxylation sites is 1. The van der Waals surface area contributed by atoms with E-state index in [0.717, 1.165) is 11.2 Å². The van der Waals surface area contributed by atoms with Crippen LogP contribution < -0.4 is 0 Å². The molecule has 0 aliphatic heterocycles. The van der Waals surface area contributed by atoms with Gasteiger partial charge < -0.3 is 0 Å². The first-order valence-electron chi connectivity index (χ1n) is 6.59. The number of benzene rings is 2. The van der Waals surface area contributed by atoms with Crippen LogP contribution in [-0.2, 0) is 0 Å². The van der Waals surface area contributed by atoms with Crippen LogP contribution in [0.15, 0.2) is 48.5 Å². The largest absolute Gasteiger partial charge is 0.248 e. The fourth-order valence-electron chi connectivity index (χ4n) is 2.45. The standard InChI is InChI=1S/C18H17N/c1-12-10-14(3)16(11-13(12)2)18-9-8-15-6-4-5-7-17(15)19-18/h4-11H,1-3H3. The molecule has 0 atom stereocenters. The minimum atomic E-state index is 1.05. The Hall–Kier alpha value is -2.15. The van der Waals surface area contributed by atoms with Gasteiger partial charge in [0.05, 0.1) is 11.2 Å². The summed E-state index contributed by atoms with van der Waals surface area (Å²) in [5.74, 6) is 0. The molecule has 0 amide bonds. The van der Waals surface area contributed by atoms with Crippen molar-refractivity contribution in [1.29, 1.82) is 0 Å². The second kappa shape index (κ2) is 4.51. The van der Waals surface area contributed by atoms with Gasteiger partial charge in [0.15, 0.2) is 0 Å². The zero-order chi connectivity index (χ0) is 13.4. The molecular weight excluding hydrogens is 230 g/mol. The van der Waals surface area contributed by atoms with E-state index in [4.69, 9.17) is 4.98 Å². The Morgan fingerprint density at radius 1 is 0.737 bits per heavy atom. The first-order valence-corrected chi connectivity index (χ1v) is 6.59. The first-order chi connectivity index (χ1) is 9.15. The van der Waals surface area contributed by atoms with E-state index in [1.165, 1.54) is 27.6 Å². The number of hydrogen-bond donors (Lipinski definition) is 0. The molecule has 0 N–H and O–H groups in total. The maximum absolute atomic E-state index is 4.78. The van der Waals surface area contributed by atoms with Crippen LogP contribution >= 0.6 is 0 Å². The minimum absolute atomic E-state index is 1.05. The summed E-state index contributed by atoms with van der Waals surface area (Å²) < 4.78 is 0. The van der Waals surface area contributed by atoms with Gasteiger partial charge in [-0.3, -0.25) is 0 Å². The number of aryl methyl sites for hydroxylation is 3. The third-order valence-electron chi connectivity index (χ3n) is 3.72. The van der Waals surface area contributed by atoms with Crippen molar-refractivity contribution in [3.05, 3.63) is 65.2 Å². The van der Waals surface area contributed by atoms with E-state index in [9.17, 15) is 0 Å². The van der Waals surface area contributed by atoms with Crippen molar-refractivity contribution in [2.75, 3.05) is 0 Å². The number of pyridine rings is 1. The number of aromatic nitrogens is 1. The molecule has 1 heterocycles. The van der Waals surface area contributed by atoms with Gasteiger partial charge >= 0.3 is 0 Å². The van der Waals surface area contributed by atoms with Gasteiger partial charge in [-0.15, -0.1) is 0 Å². The van der Waals surface area contributed by atoms with Crippen LogP contribution in [-0.4, -0.2) is 4.98 Å². The lowest BCUT2D eigenvalue weighted by Crippen LogP contribution is -1.91. The van der Waals surface area contributed by atoms with Crippen LogP contribution in [0.25, 0.3) is 22.2 Å². The van der Waals surface area contributed by atoms with Gasteiger partial charge in [0.25, 0.3) is 0 Å². The Morgan fingerprint density at radius 2 is 1.47 bits per heavy atom. The van der Waals surface area contributed by atoms with Gasteiger partial charge in [0.1, 0.15) is 0 Å². The van der Waals surface area contributed by atoms with E-state index in [2.05, 4.69) is 57.2 Å². The van der Waals surface area contributed by atoms with E-state index in [1.807, 2.05) is 12.1 Å². The summed E-state index contributed by atoms with van der Waals surface area (Å²) in [6.07, 6.45) is 0. The molecule has 0 fully saturated rings. The first kappa shape index (κ1) is 11.9. The van der Waals surface area contributed by atoms with Crippen LogP contribution in [0.3, 0.4) is 0 Å². The van der Waals surface area contributed by atoms with Gasteiger partial charge in [-0.05, 0) is 55.7 Å². The summed E-state index contributed by atoms with van der Waals surface area (Å²) in [7, 11) is 0. The monoisotopic (exact) mass is 247 g/mol. The Kier molecular flexibility index (Phi) is 2.83. The van der Waals surface area contributed by atoms with Crippen molar-refractivity contribution < 1.29 is 0 Å². The molecule has 0 radical (unpaired) electrons. The zero-order valence-electron chi connectivity index (χ0n) is 11.6. The number of fused-ring (bicyclic) bond motifs is 1. The summed E-state index contributed by atoms with van der Waals surface area (Å²) in [5.41, 5.74) is 7.27. The predicted molar refractivity (Wildman–Crippen MR) is 81.4 cm³/mol. The molecule has 3 rings (SSSR count). The van der Waals surface area contributed by atoms with Crippen molar-refractivity contribution in [3.8, 4) is 11.3 Å². The molecular formula is C18H17N. The Morgan fingerprint density at radius 3 is 2.32 bits per heavy atom. The SMILES string of the molecule is Cc1cc(C)c(-c2ccc3ccccc3n2)cc1C. The maximum Gasteiger partial charge on any atom is 0.0712 e. The molecule has 1 nitrogen and oxygen atoms in total. The molecule has 3 aromatic rings. The van der Waals surface area contributed by atoms with Crippen LogP contribution in [0, 0.1) is 20.8 Å². The average Bonchev–Trinajstić information content (AvgIpc) is 2.42. The Bertz CT molecular complexity index is 757. The zero-order valence-corrected chi connectivity index (χ0v) is 11.6. The van der Waals surface area contributed by atoms with Crippen LogP contribution in [0.2, 0.25) is 0 Å². The molecule has 0 saturated carbocycles. The second-order valence-electron chi connectivity index (χ2n) is 5.14. The Labute approximate surface area is 113 Å². The second-order valence-corrected chi connectivity index (χ2v) is 5.14. The molecule has 0 bridgehead atoms. The predicted octanol–water partition coefficient (Wildman–Crippen LogP) is 4.83. The summed E-state index contributed by atoms with van der Waals surface area (Å²) in [4.78, 5) is 4.78. The fraction of sp³-hybridized carbons (Fsp3) is 0.167. The lowest BCUT2D eigenvalue weighted by Gasteiger charge is -2.10. The molecule has 1 aromatic heterocycles. The van der Waals surface area contributed by atoms with Crippen LogP contribution in [0.1, 0.15) is 16.7 Å². The summed E-state index contributed by atoms with van der Waals surface area (Å²) >= 11 is 0. The summed E-state index contributed by atoms with van der Waals surface area (Å²) in [6, 6.07) is 17.0. The summed E-state index contributed by atoms with van der Waals surface area (Å²) in [5, 5.41) is 1.19. The lowest BCUT2D eigenvalue weighted by atomic mass is 9.98. The molecule has 19 heavy (non-hydrogen) atoms. The van der Waals surface area contributed by atoms with Gasteiger partial charge in [0.2, 0.25) is 0 Å². The van der Waals surface area contributed by atoms with E-state index in [-0.39, 0.29) is 0 Å². The number of nitrogens with zero attached hydrogens (tertiary/aromatic N) is 1. The molecule has 1 heteroatoms. The number of hydrogen-bond acceptors (Lipinski definition) is 1. The molecule has 0 unspecified atom stereocenters. The van der Waals surface area contributed by atoms with Crippen molar-refractivity contribution in [2.45, 2.75) is 20.8 Å². The van der Waals surface area contributed by atoms with Crippen molar-refractivity contribution in [2.24, 2.45) is 0 Å². The van der Waals surface area contributed by atoms with Crippen molar-refractivity contribution in [3.63, 3.8) is 0 Å². The minimum Gasteiger partial charge on any atom is -0.248 e. The maximum atomic E-state index is 4.78. The van der Waals surface area contributed by atoms with E-state index < -0.39 is 0 Å². The molecule has 94 valence electrons.